The number of thioether (sulfide) groups is 1. The minimum absolute atomic E-state index is 0.985. The largest absolute Gasteiger partial charge is 0.316 e. The molecule has 0 aliphatic rings. The van der Waals surface area contributed by atoms with Gasteiger partial charge >= 0.3 is 0 Å². The van der Waals surface area contributed by atoms with Crippen molar-refractivity contribution in [1.29, 1.82) is 0 Å². The van der Waals surface area contributed by atoms with E-state index in [2.05, 4.69) is 22.3 Å². The third-order valence-corrected chi connectivity index (χ3v) is 2.64. The van der Waals surface area contributed by atoms with Crippen molar-refractivity contribution in [2.24, 2.45) is 7.05 Å². The maximum absolute atomic E-state index is 4.12. The summed E-state index contributed by atoms with van der Waals surface area (Å²) in [5, 5.41) is 8.32. The fourth-order valence-electron chi connectivity index (χ4n) is 0.933. The second kappa shape index (κ2) is 5.99. The Hall–Kier alpha value is -0.550. The maximum atomic E-state index is 4.12. The van der Waals surface area contributed by atoms with Gasteiger partial charge in [-0.15, -0.1) is 0 Å². The lowest BCUT2D eigenvalue weighted by atomic mass is 10.5. The van der Waals surface area contributed by atoms with Crippen molar-refractivity contribution in [2.45, 2.75) is 18.5 Å². The average molecular weight is 200 g/mol. The first-order chi connectivity index (χ1) is 6.34. The number of aromatic nitrogens is 3. The predicted molar refractivity (Wildman–Crippen MR) is 54.9 cm³/mol. The van der Waals surface area contributed by atoms with Gasteiger partial charge in [-0.3, -0.25) is 0 Å². The van der Waals surface area contributed by atoms with Crippen LogP contribution >= 0.6 is 11.8 Å². The van der Waals surface area contributed by atoms with Crippen molar-refractivity contribution in [3.8, 4) is 0 Å². The molecule has 1 aromatic rings. The summed E-state index contributed by atoms with van der Waals surface area (Å²) in [6, 6.07) is 0. The quantitative estimate of drug-likeness (QED) is 0.547. The molecule has 1 rings (SSSR count). The molecular weight excluding hydrogens is 184 g/mol. The lowest BCUT2D eigenvalue weighted by Gasteiger charge is -2.01. The number of hydrogen-bond donors (Lipinski definition) is 1. The van der Waals surface area contributed by atoms with E-state index in [1.54, 1.807) is 22.8 Å². The summed E-state index contributed by atoms with van der Waals surface area (Å²) in [6.45, 7) is 4.30. The monoisotopic (exact) mass is 200 g/mol. The number of aryl methyl sites for hydroxylation is 1. The van der Waals surface area contributed by atoms with Gasteiger partial charge in [-0.25, -0.2) is 9.67 Å². The van der Waals surface area contributed by atoms with Crippen LogP contribution in [-0.2, 0) is 7.05 Å². The summed E-state index contributed by atoms with van der Waals surface area (Å²) in [7, 11) is 1.91. The molecule has 0 radical (unpaired) electrons. The van der Waals surface area contributed by atoms with Crippen LogP contribution in [0.3, 0.4) is 0 Å². The zero-order valence-electron chi connectivity index (χ0n) is 8.16. The maximum Gasteiger partial charge on any atom is 0.185 e. The summed E-state index contributed by atoms with van der Waals surface area (Å²) < 4.78 is 1.80. The van der Waals surface area contributed by atoms with Gasteiger partial charge in [0.2, 0.25) is 0 Å². The molecule has 0 fully saturated rings. The van der Waals surface area contributed by atoms with Crippen molar-refractivity contribution in [2.75, 3.05) is 18.8 Å². The SMILES string of the molecule is CCCNCCSc1ncnn1C. The molecule has 0 aromatic carbocycles. The van der Waals surface area contributed by atoms with Crippen molar-refractivity contribution >= 4 is 11.8 Å². The molecular formula is C8H16N4S. The Bertz CT molecular complexity index is 236. The van der Waals surface area contributed by atoms with E-state index in [0.29, 0.717) is 0 Å². The van der Waals surface area contributed by atoms with Crippen molar-refractivity contribution < 1.29 is 0 Å². The molecule has 1 aromatic heterocycles. The molecule has 0 spiro atoms. The summed E-state index contributed by atoms with van der Waals surface area (Å²) in [5.41, 5.74) is 0. The Morgan fingerprint density at radius 2 is 2.38 bits per heavy atom. The first kappa shape index (κ1) is 10.5. The number of hydrogen-bond acceptors (Lipinski definition) is 4. The van der Waals surface area contributed by atoms with Crippen molar-refractivity contribution in [3.05, 3.63) is 6.33 Å². The zero-order chi connectivity index (χ0) is 9.52. The highest BCUT2D eigenvalue weighted by Gasteiger charge is 1.99. The van der Waals surface area contributed by atoms with Gasteiger partial charge in [0.05, 0.1) is 0 Å². The minimum atomic E-state index is 0.985. The van der Waals surface area contributed by atoms with E-state index in [1.807, 2.05) is 7.05 Å². The summed E-state index contributed by atoms with van der Waals surface area (Å²) in [5.74, 6) is 1.05. The van der Waals surface area contributed by atoms with Gasteiger partial charge in [-0.1, -0.05) is 18.7 Å². The molecule has 13 heavy (non-hydrogen) atoms. The van der Waals surface area contributed by atoms with Crippen LogP contribution in [0.4, 0.5) is 0 Å². The second-order valence-corrected chi connectivity index (χ2v) is 3.83. The third-order valence-electron chi connectivity index (χ3n) is 1.61. The van der Waals surface area contributed by atoms with Crippen LogP contribution in [0.5, 0.6) is 0 Å². The number of nitrogens with zero attached hydrogens (tertiary/aromatic N) is 3. The van der Waals surface area contributed by atoms with Crippen LogP contribution in [0.2, 0.25) is 0 Å². The molecule has 0 aliphatic carbocycles. The number of nitrogens with one attached hydrogen (secondary N) is 1. The van der Waals surface area contributed by atoms with Crippen molar-refractivity contribution in [1.82, 2.24) is 20.1 Å². The summed E-state index contributed by atoms with van der Waals surface area (Å²) in [6.07, 6.45) is 2.77. The Morgan fingerprint density at radius 1 is 1.54 bits per heavy atom. The summed E-state index contributed by atoms with van der Waals surface area (Å²) in [4.78, 5) is 4.12. The van der Waals surface area contributed by atoms with E-state index in [1.165, 1.54) is 6.42 Å². The Kier molecular flexibility index (Phi) is 4.85. The van der Waals surface area contributed by atoms with E-state index >= 15 is 0 Å². The molecule has 0 bridgehead atoms. The molecule has 0 amide bonds. The predicted octanol–water partition coefficient (Wildman–Crippen LogP) is 0.907. The van der Waals surface area contributed by atoms with E-state index in [4.69, 9.17) is 0 Å². The van der Waals surface area contributed by atoms with Gasteiger partial charge in [-0.05, 0) is 13.0 Å². The van der Waals surface area contributed by atoms with Crippen LogP contribution in [0, 0.1) is 0 Å². The molecule has 1 heterocycles. The fraction of sp³-hybridized carbons (Fsp3) is 0.750. The van der Waals surface area contributed by atoms with Crippen molar-refractivity contribution in [3.63, 3.8) is 0 Å². The molecule has 1 N–H and O–H groups in total. The minimum Gasteiger partial charge on any atom is -0.316 e. The average Bonchev–Trinajstić information content (AvgIpc) is 2.52. The molecule has 0 saturated carbocycles. The highest BCUT2D eigenvalue weighted by Crippen LogP contribution is 2.11. The van der Waals surface area contributed by atoms with Gasteiger partial charge < -0.3 is 5.32 Å². The molecule has 0 atom stereocenters. The molecule has 0 unspecified atom stereocenters. The standard InChI is InChI=1S/C8H16N4S/c1-3-4-9-5-6-13-8-10-7-11-12(8)2/h7,9H,3-6H2,1-2H3. The van der Waals surface area contributed by atoms with Gasteiger partial charge in [0, 0.05) is 19.3 Å². The highest BCUT2D eigenvalue weighted by molar-refractivity contribution is 7.99. The third kappa shape index (κ3) is 3.78. The molecule has 74 valence electrons. The van der Waals surface area contributed by atoms with E-state index < -0.39 is 0 Å². The lowest BCUT2D eigenvalue weighted by Crippen LogP contribution is -2.17. The number of rotatable bonds is 6. The molecule has 5 heteroatoms. The smallest absolute Gasteiger partial charge is 0.185 e. The summed E-state index contributed by atoms with van der Waals surface area (Å²) >= 11 is 1.73. The highest BCUT2D eigenvalue weighted by atomic mass is 32.2. The van der Waals surface area contributed by atoms with E-state index in [0.717, 1.165) is 24.0 Å². The van der Waals surface area contributed by atoms with E-state index in [-0.39, 0.29) is 0 Å². The van der Waals surface area contributed by atoms with Crippen LogP contribution in [0.1, 0.15) is 13.3 Å². The Labute approximate surface area is 83.1 Å². The lowest BCUT2D eigenvalue weighted by molar-refractivity contribution is 0.681. The second-order valence-electron chi connectivity index (χ2n) is 2.76. The Balaban J connectivity index is 2.10. The zero-order valence-corrected chi connectivity index (χ0v) is 8.97. The first-order valence-electron chi connectivity index (χ1n) is 4.52. The van der Waals surface area contributed by atoms with Crippen LogP contribution in [-0.4, -0.2) is 33.6 Å². The topological polar surface area (TPSA) is 42.7 Å². The Morgan fingerprint density at radius 3 is 3.00 bits per heavy atom. The normalized spacial score (nSPS) is 10.6. The van der Waals surface area contributed by atoms with E-state index in [9.17, 15) is 0 Å². The van der Waals surface area contributed by atoms with Gasteiger partial charge in [-0.2, -0.15) is 5.10 Å². The van der Waals surface area contributed by atoms with Gasteiger partial charge in [0.15, 0.2) is 5.16 Å². The van der Waals surface area contributed by atoms with Crippen LogP contribution in [0.25, 0.3) is 0 Å². The van der Waals surface area contributed by atoms with Gasteiger partial charge in [0.1, 0.15) is 6.33 Å². The fourth-order valence-corrected chi connectivity index (χ4v) is 1.72. The van der Waals surface area contributed by atoms with Crippen LogP contribution in [0.15, 0.2) is 11.5 Å². The molecule has 0 saturated heterocycles. The first-order valence-corrected chi connectivity index (χ1v) is 5.50. The molecule has 0 aliphatic heterocycles. The molecule has 4 nitrogen and oxygen atoms in total. The van der Waals surface area contributed by atoms with Gasteiger partial charge in [0.25, 0.3) is 0 Å². The van der Waals surface area contributed by atoms with Crippen LogP contribution < -0.4 is 5.32 Å².